The molecule has 2 amide bonds. The zero-order chi connectivity index (χ0) is 12.7. The monoisotopic (exact) mass is 256 g/mol. The van der Waals surface area contributed by atoms with Crippen LogP contribution in [0.3, 0.4) is 0 Å². The Labute approximate surface area is 104 Å². The molecule has 1 unspecified atom stereocenters. The van der Waals surface area contributed by atoms with Gasteiger partial charge in [-0.1, -0.05) is 6.92 Å². The third-order valence-electron chi connectivity index (χ3n) is 2.04. The van der Waals surface area contributed by atoms with Crippen molar-refractivity contribution in [1.29, 1.82) is 0 Å². The summed E-state index contributed by atoms with van der Waals surface area (Å²) in [5.41, 5.74) is 0.368. The number of aromatic nitrogens is 1. The van der Waals surface area contributed by atoms with Gasteiger partial charge in [0.25, 0.3) is 5.91 Å². The molecule has 0 spiro atoms. The van der Waals surface area contributed by atoms with Crippen molar-refractivity contribution in [1.82, 2.24) is 10.3 Å². The van der Waals surface area contributed by atoms with Gasteiger partial charge in [-0.05, 0) is 23.8 Å². The minimum Gasteiger partial charge on any atom is -0.396 e. The molecule has 0 radical (unpaired) electrons. The summed E-state index contributed by atoms with van der Waals surface area (Å²) < 4.78 is 0. The Balaban J connectivity index is 2.23. The lowest BCUT2D eigenvalue weighted by Gasteiger charge is -2.06. The predicted octanol–water partition coefficient (Wildman–Crippen LogP) is 0.633. The first kappa shape index (κ1) is 13.8. The highest BCUT2D eigenvalue weighted by atomic mass is 32.2. The molecule has 1 heterocycles. The first-order valence-corrected chi connectivity index (χ1v) is 6.45. The van der Waals surface area contributed by atoms with Crippen LogP contribution in [0.4, 0.5) is 0 Å². The minimum atomic E-state index is -0.421. The van der Waals surface area contributed by atoms with Crippen LogP contribution in [0, 0.1) is 5.92 Å². The number of amides is 2. The van der Waals surface area contributed by atoms with E-state index < -0.39 is 5.91 Å². The number of carbonyl (C=O) groups excluding carboxylic acids is 2. The maximum atomic E-state index is 11.5. The van der Waals surface area contributed by atoms with Crippen LogP contribution < -0.4 is 5.32 Å². The van der Waals surface area contributed by atoms with Crippen molar-refractivity contribution in [3.63, 3.8) is 0 Å². The summed E-state index contributed by atoms with van der Waals surface area (Å²) in [5, 5.41) is 11.1. The van der Waals surface area contributed by atoms with Crippen molar-refractivity contribution < 1.29 is 14.7 Å². The molecule has 0 saturated heterocycles. The number of H-pyrrole nitrogens is 1. The summed E-state index contributed by atoms with van der Waals surface area (Å²) in [4.78, 5) is 25.6. The van der Waals surface area contributed by atoms with Gasteiger partial charge in [-0.3, -0.25) is 14.9 Å². The molecule has 1 aromatic heterocycles. The number of hydrogen-bond donors (Lipinski definition) is 3. The fourth-order valence-electron chi connectivity index (χ4n) is 1.11. The fourth-order valence-corrected chi connectivity index (χ4v) is 1.99. The third-order valence-corrected chi connectivity index (χ3v) is 3.31. The van der Waals surface area contributed by atoms with Crippen LogP contribution in [-0.4, -0.2) is 40.0 Å². The number of imide groups is 1. The summed E-state index contributed by atoms with van der Waals surface area (Å²) >= 11 is 1.40. The number of hydrogen-bond acceptors (Lipinski definition) is 4. The van der Waals surface area contributed by atoms with Crippen molar-refractivity contribution in [2.45, 2.75) is 6.92 Å². The molecule has 1 aromatic rings. The molecule has 0 saturated carbocycles. The lowest BCUT2D eigenvalue weighted by Crippen LogP contribution is -2.32. The maximum absolute atomic E-state index is 11.5. The topological polar surface area (TPSA) is 82.2 Å². The Bertz CT molecular complexity index is 365. The van der Waals surface area contributed by atoms with Gasteiger partial charge in [0.15, 0.2) is 0 Å². The first-order valence-electron chi connectivity index (χ1n) is 5.29. The standard InChI is InChI=1S/C11H16N2O3S/c1-8(5-14)6-17-7-10(15)13-11(16)9-3-2-4-12-9/h2-4,8,12,14H,5-7H2,1H3,(H,13,15,16). The molecular weight excluding hydrogens is 240 g/mol. The summed E-state index contributed by atoms with van der Waals surface area (Å²) in [6, 6.07) is 3.29. The summed E-state index contributed by atoms with van der Waals surface area (Å²) in [6.07, 6.45) is 1.62. The maximum Gasteiger partial charge on any atom is 0.274 e. The van der Waals surface area contributed by atoms with Crippen LogP contribution in [0.15, 0.2) is 18.3 Å². The molecule has 0 fully saturated rings. The Morgan fingerprint density at radius 2 is 2.35 bits per heavy atom. The number of rotatable bonds is 6. The predicted molar refractivity (Wildman–Crippen MR) is 66.8 cm³/mol. The largest absolute Gasteiger partial charge is 0.396 e. The lowest BCUT2D eigenvalue weighted by atomic mass is 10.2. The molecule has 0 aliphatic carbocycles. The number of nitrogens with one attached hydrogen (secondary N) is 2. The van der Waals surface area contributed by atoms with Crippen molar-refractivity contribution in [3.8, 4) is 0 Å². The molecule has 1 atom stereocenters. The van der Waals surface area contributed by atoms with E-state index in [-0.39, 0.29) is 24.2 Å². The summed E-state index contributed by atoms with van der Waals surface area (Å²) in [5.74, 6) is 0.333. The molecule has 17 heavy (non-hydrogen) atoms. The van der Waals surface area contributed by atoms with Crippen LogP contribution >= 0.6 is 11.8 Å². The van der Waals surface area contributed by atoms with E-state index in [0.29, 0.717) is 11.4 Å². The number of thioether (sulfide) groups is 1. The number of aliphatic hydroxyl groups excluding tert-OH is 1. The van der Waals surface area contributed by atoms with Crippen molar-refractivity contribution in [3.05, 3.63) is 24.0 Å². The van der Waals surface area contributed by atoms with Gasteiger partial charge in [-0.25, -0.2) is 0 Å². The van der Waals surface area contributed by atoms with Gasteiger partial charge in [0.05, 0.1) is 5.75 Å². The van der Waals surface area contributed by atoms with Gasteiger partial charge in [-0.2, -0.15) is 11.8 Å². The highest BCUT2D eigenvalue weighted by Crippen LogP contribution is 2.07. The van der Waals surface area contributed by atoms with E-state index in [1.54, 1.807) is 18.3 Å². The molecule has 3 N–H and O–H groups in total. The molecule has 0 aromatic carbocycles. The highest BCUT2D eigenvalue weighted by molar-refractivity contribution is 7.99. The van der Waals surface area contributed by atoms with E-state index in [4.69, 9.17) is 5.11 Å². The second kappa shape index (κ2) is 7.13. The molecule has 5 nitrogen and oxygen atoms in total. The van der Waals surface area contributed by atoms with Gasteiger partial charge in [0.2, 0.25) is 5.91 Å². The molecule has 0 bridgehead atoms. The smallest absolute Gasteiger partial charge is 0.274 e. The van der Waals surface area contributed by atoms with Gasteiger partial charge in [0, 0.05) is 12.8 Å². The molecule has 0 aliphatic heterocycles. The van der Waals surface area contributed by atoms with E-state index >= 15 is 0 Å². The van der Waals surface area contributed by atoms with Crippen molar-refractivity contribution in [2.24, 2.45) is 5.92 Å². The van der Waals surface area contributed by atoms with Gasteiger partial charge < -0.3 is 10.1 Å². The van der Waals surface area contributed by atoms with E-state index in [9.17, 15) is 9.59 Å². The quantitative estimate of drug-likeness (QED) is 0.697. The lowest BCUT2D eigenvalue weighted by molar-refractivity contribution is -0.117. The molecule has 1 rings (SSSR count). The van der Waals surface area contributed by atoms with Crippen LogP contribution in [0.25, 0.3) is 0 Å². The van der Waals surface area contributed by atoms with Crippen molar-refractivity contribution in [2.75, 3.05) is 18.1 Å². The van der Waals surface area contributed by atoms with Crippen LogP contribution in [0.5, 0.6) is 0 Å². The molecular formula is C11H16N2O3S. The normalized spacial score (nSPS) is 12.1. The minimum absolute atomic E-state index is 0.107. The zero-order valence-electron chi connectivity index (χ0n) is 9.60. The Morgan fingerprint density at radius 3 is 2.94 bits per heavy atom. The SMILES string of the molecule is CC(CO)CSCC(=O)NC(=O)c1ccc[nH]1. The number of aliphatic hydroxyl groups is 1. The summed E-state index contributed by atoms with van der Waals surface area (Å²) in [6.45, 7) is 2.00. The van der Waals surface area contributed by atoms with E-state index in [1.165, 1.54) is 11.8 Å². The third kappa shape index (κ3) is 5.06. The van der Waals surface area contributed by atoms with Crippen molar-refractivity contribution >= 4 is 23.6 Å². The average molecular weight is 256 g/mol. The first-order chi connectivity index (χ1) is 8.13. The van der Waals surface area contributed by atoms with Crippen LogP contribution in [0.2, 0.25) is 0 Å². The van der Waals surface area contributed by atoms with Gasteiger partial charge in [0.1, 0.15) is 5.69 Å². The van der Waals surface area contributed by atoms with Crippen LogP contribution in [0.1, 0.15) is 17.4 Å². The second-order valence-electron chi connectivity index (χ2n) is 3.76. The Kier molecular flexibility index (Phi) is 5.79. The van der Waals surface area contributed by atoms with Gasteiger partial charge >= 0.3 is 0 Å². The second-order valence-corrected chi connectivity index (χ2v) is 4.79. The Morgan fingerprint density at radius 1 is 1.59 bits per heavy atom. The van der Waals surface area contributed by atoms with E-state index in [0.717, 1.165) is 0 Å². The summed E-state index contributed by atoms with van der Waals surface area (Å²) in [7, 11) is 0. The zero-order valence-corrected chi connectivity index (χ0v) is 10.4. The highest BCUT2D eigenvalue weighted by Gasteiger charge is 2.11. The Hall–Kier alpha value is -1.27. The van der Waals surface area contributed by atoms with Crippen LogP contribution in [-0.2, 0) is 4.79 Å². The number of carbonyl (C=O) groups is 2. The van der Waals surface area contributed by atoms with E-state index in [2.05, 4.69) is 10.3 Å². The molecule has 6 heteroatoms. The molecule has 0 aliphatic rings. The average Bonchev–Trinajstić information content (AvgIpc) is 2.82. The van der Waals surface area contributed by atoms with Gasteiger partial charge in [-0.15, -0.1) is 0 Å². The fraction of sp³-hybridized carbons (Fsp3) is 0.455. The molecule has 94 valence electrons. The number of aromatic amines is 1. The van der Waals surface area contributed by atoms with E-state index in [1.807, 2.05) is 6.92 Å².